The Hall–Kier alpha value is -3.12. The Bertz CT molecular complexity index is 1160. The van der Waals surface area contributed by atoms with Crippen LogP contribution in [0.4, 0.5) is 5.82 Å². The van der Waals surface area contributed by atoms with Crippen molar-refractivity contribution in [3.05, 3.63) is 41.6 Å². The second kappa shape index (κ2) is 7.86. The normalized spacial score (nSPS) is 11.4. The fourth-order valence-corrected chi connectivity index (χ4v) is 4.14. The van der Waals surface area contributed by atoms with Gasteiger partial charge in [-0.1, -0.05) is 25.5 Å². The van der Waals surface area contributed by atoms with Gasteiger partial charge in [-0.3, -0.25) is 4.72 Å². The fraction of sp³-hybridized carbons (Fsp3) is 0.316. The number of methoxy groups -OCH3 is 1. The summed E-state index contributed by atoms with van der Waals surface area (Å²) in [6.07, 6.45) is 2.59. The molecule has 3 aromatic rings. The number of aromatic nitrogens is 3. The Balaban J connectivity index is 2.15. The molecule has 0 bridgehead atoms. The highest BCUT2D eigenvalue weighted by Crippen LogP contribution is 2.29. The first-order valence-electron chi connectivity index (χ1n) is 8.83. The minimum Gasteiger partial charge on any atom is -0.494 e. The summed E-state index contributed by atoms with van der Waals surface area (Å²) in [6.45, 7) is 3.84. The molecule has 28 heavy (non-hydrogen) atoms. The van der Waals surface area contributed by atoms with Crippen molar-refractivity contribution < 1.29 is 13.2 Å². The highest BCUT2D eigenvalue weighted by Gasteiger charge is 2.20. The Morgan fingerprint density at radius 3 is 2.82 bits per heavy atom. The van der Waals surface area contributed by atoms with Gasteiger partial charge in [0.2, 0.25) is 10.0 Å². The lowest BCUT2D eigenvalue weighted by Gasteiger charge is -2.13. The Kier molecular flexibility index (Phi) is 5.51. The molecule has 1 aromatic carbocycles. The van der Waals surface area contributed by atoms with Gasteiger partial charge >= 0.3 is 0 Å². The molecule has 8 nitrogen and oxygen atoms in total. The molecule has 0 fully saturated rings. The summed E-state index contributed by atoms with van der Waals surface area (Å²) < 4.78 is 34.0. The van der Waals surface area contributed by atoms with Gasteiger partial charge in [-0.2, -0.15) is 15.0 Å². The van der Waals surface area contributed by atoms with Gasteiger partial charge in [-0.25, -0.2) is 13.4 Å². The molecular weight excluding hydrogens is 378 g/mol. The van der Waals surface area contributed by atoms with Gasteiger partial charge in [0.25, 0.3) is 0 Å². The van der Waals surface area contributed by atoms with E-state index in [1.54, 1.807) is 19.2 Å². The standard InChI is InChI=1S/C19H21N5O3S/c1-4-5-9-28(25,26)23-19-14(11-20)12-21-24(19)17-10-13(2)15-7-6-8-16(27-3)18(15)22-17/h6-8,10,12,23H,4-5,9H2,1-3H3. The van der Waals surface area contributed by atoms with Crippen molar-refractivity contribution in [1.29, 1.82) is 5.26 Å². The maximum Gasteiger partial charge on any atom is 0.233 e. The summed E-state index contributed by atoms with van der Waals surface area (Å²) >= 11 is 0. The van der Waals surface area contributed by atoms with Crippen LogP contribution in [0.5, 0.6) is 5.75 Å². The second-order valence-corrected chi connectivity index (χ2v) is 8.20. The third-order valence-electron chi connectivity index (χ3n) is 4.34. The van der Waals surface area contributed by atoms with Crippen LogP contribution in [0.25, 0.3) is 16.7 Å². The van der Waals surface area contributed by atoms with Gasteiger partial charge in [0.05, 0.1) is 19.1 Å². The second-order valence-electron chi connectivity index (χ2n) is 6.36. The number of ether oxygens (including phenoxy) is 1. The number of anilines is 1. The molecule has 3 rings (SSSR count). The lowest BCUT2D eigenvalue weighted by Crippen LogP contribution is -2.20. The molecule has 146 valence electrons. The number of unbranched alkanes of at least 4 members (excludes halogenated alkanes) is 1. The zero-order chi connectivity index (χ0) is 20.3. The van der Waals surface area contributed by atoms with Crippen molar-refractivity contribution in [3.8, 4) is 17.6 Å². The molecular formula is C19H21N5O3S. The van der Waals surface area contributed by atoms with Crippen molar-refractivity contribution in [2.45, 2.75) is 26.7 Å². The van der Waals surface area contributed by atoms with Crippen LogP contribution >= 0.6 is 0 Å². The van der Waals surface area contributed by atoms with Crippen molar-refractivity contribution in [2.24, 2.45) is 0 Å². The number of para-hydroxylation sites is 1. The van der Waals surface area contributed by atoms with Crippen LogP contribution in [0.3, 0.4) is 0 Å². The van der Waals surface area contributed by atoms with Gasteiger partial charge < -0.3 is 4.74 Å². The van der Waals surface area contributed by atoms with E-state index in [-0.39, 0.29) is 17.1 Å². The summed E-state index contributed by atoms with van der Waals surface area (Å²) in [4.78, 5) is 4.61. The van der Waals surface area contributed by atoms with E-state index in [4.69, 9.17) is 4.74 Å². The Morgan fingerprint density at radius 1 is 1.36 bits per heavy atom. The summed E-state index contributed by atoms with van der Waals surface area (Å²) in [7, 11) is -2.05. The van der Waals surface area contributed by atoms with Crippen molar-refractivity contribution in [1.82, 2.24) is 14.8 Å². The molecule has 0 aliphatic heterocycles. The number of aryl methyl sites for hydroxylation is 1. The van der Waals surface area contributed by atoms with Crippen molar-refractivity contribution in [2.75, 3.05) is 17.6 Å². The number of sulfonamides is 1. The van der Waals surface area contributed by atoms with Gasteiger partial charge in [-0.15, -0.1) is 0 Å². The summed E-state index contributed by atoms with van der Waals surface area (Å²) in [6, 6.07) is 9.38. The lowest BCUT2D eigenvalue weighted by molar-refractivity contribution is 0.419. The van der Waals surface area contributed by atoms with E-state index < -0.39 is 10.0 Å². The van der Waals surface area contributed by atoms with Gasteiger partial charge in [-0.05, 0) is 31.0 Å². The summed E-state index contributed by atoms with van der Waals surface area (Å²) in [5, 5.41) is 14.5. The quantitative estimate of drug-likeness (QED) is 0.653. The fourth-order valence-electron chi connectivity index (χ4n) is 2.88. The molecule has 0 amide bonds. The predicted octanol–water partition coefficient (Wildman–Crippen LogP) is 3.15. The third kappa shape index (κ3) is 3.77. The molecule has 0 spiro atoms. The average molecular weight is 399 g/mol. The van der Waals surface area contributed by atoms with E-state index in [9.17, 15) is 13.7 Å². The first-order valence-corrected chi connectivity index (χ1v) is 10.5. The Labute approximate surface area is 163 Å². The van der Waals surface area contributed by atoms with E-state index in [2.05, 4.69) is 14.8 Å². The number of hydrogen-bond acceptors (Lipinski definition) is 6. The molecule has 0 unspecified atom stereocenters. The largest absolute Gasteiger partial charge is 0.494 e. The van der Waals surface area contributed by atoms with E-state index in [1.807, 2.05) is 32.0 Å². The number of fused-ring (bicyclic) bond motifs is 1. The highest BCUT2D eigenvalue weighted by atomic mass is 32.2. The van der Waals surface area contributed by atoms with E-state index in [1.165, 1.54) is 10.9 Å². The van der Waals surface area contributed by atoms with Crippen LogP contribution in [0.2, 0.25) is 0 Å². The SMILES string of the molecule is CCCCS(=O)(=O)Nc1c(C#N)cnn1-c1cc(C)c2cccc(OC)c2n1. The molecule has 0 saturated carbocycles. The first-order chi connectivity index (χ1) is 13.4. The van der Waals surface area contributed by atoms with Crippen molar-refractivity contribution >= 4 is 26.7 Å². The zero-order valence-electron chi connectivity index (χ0n) is 15.9. The van der Waals surface area contributed by atoms with Crippen LogP contribution in [-0.4, -0.2) is 36.0 Å². The minimum atomic E-state index is -3.61. The molecule has 0 radical (unpaired) electrons. The van der Waals surface area contributed by atoms with Crippen LogP contribution in [0, 0.1) is 18.3 Å². The molecule has 1 N–H and O–H groups in total. The lowest BCUT2D eigenvalue weighted by atomic mass is 10.1. The van der Waals surface area contributed by atoms with E-state index in [0.717, 1.165) is 17.4 Å². The third-order valence-corrected chi connectivity index (χ3v) is 5.67. The zero-order valence-corrected chi connectivity index (χ0v) is 16.7. The number of benzene rings is 1. The van der Waals surface area contributed by atoms with Crippen LogP contribution < -0.4 is 9.46 Å². The number of rotatable bonds is 7. The van der Waals surface area contributed by atoms with E-state index >= 15 is 0 Å². The van der Waals surface area contributed by atoms with Gasteiger partial charge in [0.1, 0.15) is 22.9 Å². The topological polar surface area (TPSA) is 110 Å². The average Bonchev–Trinajstić information content (AvgIpc) is 3.07. The smallest absolute Gasteiger partial charge is 0.233 e. The molecule has 0 aliphatic carbocycles. The molecule has 2 aromatic heterocycles. The minimum absolute atomic E-state index is 0.0302. The van der Waals surface area contributed by atoms with Crippen LogP contribution in [-0.2, 0) is 10.0 Å². The molecule has 2 heterocycles. The van der Waals surface area contributed by atoms with Crippen LogP contribution in [0.1, 0.15) is 30.9 Å². The molecule has 0 atom stereocenters. The monoisotopic (exact) mass is 399 g/mol. The number of nitrogens with one attached hydrogen (secondary N) is 1. The van der Waals surface area contributed by atoms with Crippen LogP contribution in [0.15, 0.2) is 30.5 Å². The highest BCUT2D eigenvalue weighted by molar-refractivity contribution is 7.92. The van der Waals surface area contributed by atoms with Gasteiger partial charge in [0, 0.05) is 5.39 Å². The molecule has 9 heteroatoms. The maximum absolute atomic E-state index is 12.4. The van der Waals surface area contributed by atoms with Crippen molar-refractivity contribution in [3.63, 3.8) is 0 Å². The summed E-state index contributed by atoms with van der Waals surface area (Å²) in [5.74, 6) is 1.04. The predicted molar refractivity (Wildman–Crippen MR) is 107 cm³/mol. The number of nitriles is 1. The number of nitrogens with zero attached hydrogens (tertiary/aromatic N) is 4. The summed E-state index contributed by atoms with van der Waals surface area (Å²) in [5.41, 5.74) is 1.68. The first kappa shape index (κ1) is 19.6. The van der Waals surface area contributed by atoms with E-state index in [0.29, 0.717) is 23.5 Å². The maximum atomic E-state index is 12.4. The van der Waals surface area contributed by atoms with Gasteiger partial charge in [0.15, 0.2) is 11.6 Å². The molecule has 0 saturated heterocycles. The number of hydrogen-bond donors (Lipinski definition) is 1. The molecule has 0 aliphatic rings. The number of pyridine rings is 1. The Morgan fingerprint density at radius 2 is 2.14 bits per heavy atom.